The van der Waals surface area contributed by atoms with Crippen LogP contribution in [0.5, 0.6) is 5.75 Å². The van der Waals surface area contributed by atoms with Gasteiger partial charge in [0.1, 0.15) is 5.75 Å². The van der Waals surface area contributed by atoms with E-state index in [1.54, 1.807) is 6.08 Å². The molecule has 1 N–H and O–H groups in total. The maximum Gasteiger partial charge on any atom is 0.259 e. The van der Waals surface area contributed by atoms with Crippen LogP contribution in [-0.4, -0.2) is 50.0 Å². The number of anilines is 2. The van der Waals surface area contributed by atoms with Crippen molar-refractivity contribution in [2.45, 2.75) is 0 Å². The number of nitrogens with zero attached hydrogens (tertiary/aromatic N) is 2. The van der Waals surface area contributed by atoms with E-state index < -0.39 is 0 Å². The molecule has 1 saturated heterocycles. The number of amides is 2. The minimum atomic E-state index is -0.366. The van der Waals surface area contributed by atoms with Gasteiger partial charge in [0, 0.05) is 48.7 Å². The lowest BCUT2D eigenvalue weighted by Gasteiger charge is -2.35. The molecule has 3 aromatic rings. The molecule has 1 fully saturated rings. The predicted octanol–water partition coefficient (Wildman–Crippen LogP) is 5.62. The van der Waals surface area contributed by atoms with Gasteiger partial charge in [0.05, 0.1) is 17.7 Å². The molecule has 0 bridgehead atoms. The van der Waals surface area contributed by atoms with E-state index in [4.69, 9.17) is 27.9 Å². The van der Waals surface area contributed by atoms with Gasteiger partial charge in [-0.25, -0.2) is 0 Å². The van der Waals surface area contributed by atoms with E-state index in [0.29, 0.717) is 23.8 Å². The maximum atomic E-state index is 12.8. The summed E-state index contributed by atoms with van der Waals surface area (Å²) in [6.45, 7) is 2.75. The Morgan fingerprint density at radius 2 is 1.63 bits per heavy atom. The Balaban J connectivity index is 1.33. The number of methoxy groups -OCH3 is 1. The molecule has 0 radical (unpaired) electrons. The quantitative estimate of drug-likeness (QED) is 0.438. The molecular formula is C27H25Cl2N3O3. The second-order valence-electron chi connectivity index (χ2n) is 8.03. The number of benzene rings is 3. The average molecular weight is 510 g/mol. The van der Waals surface area contributed by atoms with Crippen molar-refractivity contribution < 1.29 is 14.3 Å². The number of ether oxygens (including phenoxy) is 1. The Morgan fingerprint density at radius 1 is 0.943 bits per heavy atom. The molecule has 1 aliphatic rings. The zero-order chi connectivity index (χ0) is 24.8. The monoisotopic (exact) mass is 509 g/mol. The molecule has 6 nitrogen and oxygen atoms in total. The molecule has 1 heterocycles. The molecule has 1 aliphatic heterocycles. The van der Waals surface area contributed by atoms with Gasteiger partial charge in [-0.1, -0.05) is 53.5 Å². The van der Waals surface area contributed by atoms with Crippen molar-refractivity contribution in [1.82, 2.24) is 4.90 Å². The molecule has 3 aromatic carbocycles. The molecule has 0 atom stereocenters. The number of carbonyl (C=O) groups is 2. The van der Waals surface area contributed by atoms with Crippen molar-refractivity contribution in [2.75, 3.05) is 43.5 Å². The second kappa shape index (κ2) is 11.3. The zero-order valence-corrected chi connectivity index (χ0v) is 20.7. The Labute approximate surface area is 214 Å². The fourth-order valence-electron chi connectivity index (χ4n) is 3.91. The molecule has 35 heavy (non-hydrogen) atoms. The van der Waals surface area contributed by atoms with Crippen LogP contribution in [0, 0.1) is 0 Å². The maximum absolute atomic E-state index is 12.8. The third-order valence-corrected chi connectivity index (χ3v) is 6.26. The third kappa shape index (κ3) is 6.15. The first kappa shape index (κ1) is 24.6. The molecule has 0 unspecified atom stereocenters. The van der Waals surface area contributed by atoms with Crippen molar-refractivity contribution in [3.8, 4) is 5.75 Å². The highest BCUT2D eigenvalue weighted by atomic mass is 35.5. The Hall–Kier alpha value is -3.48. The van der Waals surface area contributed by atoms with Crippen LogP contribution < -0.4 is 15.0 Å². The summed E-state index contributed by atoms with van der Waals surface area (Å²) in [6, 6.07) is 20.4. The highest BCUT2D eigenvalue weighted by Gasteiger charge is 2.20. The van der Waals surface area contributed by atoms with Gasteiger partial charge in [-0.05, 0) is 48.0 Å². The molecule has 0 spiro atoms. The summed E-state index contributed by atoms with van der Waals surface area (Å²) >= 11 is 12.2. The highest BCUT2D eigenvalue weighted by molar-refractivity contribution is 6.36. The van der Waals surface area contributed by atoms with E-state index in [1.807, 2.05) is 65.6 Å². The number of halogens is 2. The summed E-state index contributed by atoms with van der Waals surface area (Å²) in [5.74, 6) is -0.0750. The fourth-order valence-corrected chi connectivity index (χ4v) is 4.48. The Bertz CT molecular complexity index is 1220. The normalized spacial score (nSPS) is 13.7. The molecule has 0 aromatic heterocycles. The first-order valence-electron chi connectivity index (χ1n) is 11.2. The van der Waals surface area contributed by atoms with Crippen LogP contribution in [0.15, 0.2) is 72.8 Å². The molecule has 8 heteroatoms. The average Bonchev–Trinajstić information content (AvgIpc) is 2.88. The standard InChI is InChI=1S/C27H25Cl2N3O3/c1-35-26-23(17-20(28)18-24(26)29)27(34)30-21-8-10-22(11-9-21)31-13-15-32(16-14-31)25(33)12-7-19-5-3-2-4-6-19/h2-12,17-18H,13-16H2,1H3,(H,30,34)/b12-7+. The van der Waals surface area contributed by atoms with Crippen LogP contribution >= 0.6 is 23.2 Å². The van der Waals surface area contributed by atoms with Crippen LogP contribution in [0.3, 0.4) is 0 Å². The number of hydrogen-bond donors (Lipinski definition) is 1. The summed E-state index contributed by atoms with van der Waals surface area (Å²) in [6.07, 6.45) is 3.47. The Morgan fingerprint density at radius 3 is 2.29 bits per heavy atom. The van der Waals surface area contributed by atoms with Crippen molar-refractivity contribution in [2.24, 2.45) is 0 Å². The van der Waals surface area contributed by atoms with Crippen LogP contribution in [0.2, 0.25) is 10.0 Å². The number of carbonyl (C=O) groups excluding carboxylic acids is 2. The number of nitrogens with one attached hydrogen (secondary N) is 1. The van der Waals surface area contributed by atoms with Crippen molar-refractivity contribution in [1.29, 1.82) is 0 Å². The summed E-state index contributed by atoms with van der Waals surface area (Å²) in [5, 5.41) is 3.48. The smallest absolute Gasteiger partial charge is 0.259 e. The van der Waals surface area contributed by atoms with Gasteiger partial charge >= 0.3 is 0 Å². The Kier molecular flexibility index (Phi) is 7.95. The van der Waals surface area contributed by atoms with E-state index in [-0.39, 0.29) is 28.1 Å². The van der Waals surface area contributed by atoms with Crippen LogP contribution in [0.1, 0.15) is 15.9 Å². The highest BCUT2D eigenvalue weighted by Crippen LogP contribution is 2.32. The topological polar surface area (TPSA) is 61.9 Å². The van der Waals surface area contributed by atoms with Gasteiger partial charge in [-0.3, -0.25) is 9.59 Å². The summed E-state index contributed by atoms with van der Waals surface area (Å²) in [5.41, 5.74) is 2.93. The molecule has 2 amide bonds. The van der Waals surface area contributed by atoms with Crippen LogP contribution in [-0.2, 0) is 4.79 Å². The summed E-state index contributed by atoms with van der Waals surface area (Å²) in [4.78, 5) is 29.4. The number of piperazine rings is 1. The first-order valence-corrected chi connectivity index (χ1v) is 11.9. The van der Waals surface area contributed by atoms with E-state index in [0.717, 1.165) is 24.3 Å². The zero-order valence-electron chi connectivity index (χ0n) is 19.2. The largest absolute Gasteiger partial charge is 0.494 e. The van der Waals surface area contributed by atoms with Crippen molar-refractivity contribution in [3.05, 3.63) is 94.0 Å². The van der Waals surface area contributed by atoms with Gasteiger partial charge in [0.2, 0.25) is 5.91 Å². The van der Waals surface area contributed by atoms with Crippen LogP contribution in [0.25, 0.3) is 6.08 Å². The van der Waals surface area contributed by atoms with E-state index in [9.17, 15) is 9.59 Å². The SMILES string of the molecule is COc1c(Cl)cc(Cl)cc1C(=O)Nc1ccc(N2CCN(C(=O)/C=C/c3ccccc3)CC2)cc1. The number of hydrogen-bond acceptors (Lipinski definition) is 4. The second-order valence-corrected chi connectivity index (χ2v) is 8.87. The predicted molar refractivity (Wildman–Crippen MR) is 142 cm³/mol. The van der Waals surface area contributed by atoms with Gasteiger partial charge in [-0.15, -0.1) is 0 Å². The first-order chi connectivity index (χ1) is 16.9. The lowest BCUT2D eigenvalue weighted by atomic mass is 10.1. The van der Waals surface area contributed by atoms with Crippen molar-refractivity contribution in [3.63, 3.8) is 0 Å². The summed E-state index contributed by atoms with van der Waals surface area (Å²) < 4.78 is 5.26. The minimum Gasteiger partial charge on any atom is -0.494 e. The van der Waals surface area contributed by atoms with Gasteiger partial charge in [0.15, 0.2) is 0 Å². The fraction of sp³-hybridized carbons (Fsp3) is 0.185. The molecule has 0 saturated carbocycles. The number of rotatable bonds is 6. The van der Waals surface area contributed by atoms with Crippen molar-refractivity contribution >= 4 is 52.5 Å². The van der Waals surface area contributed by atoms with E-state index in [2.05, 4.69) is 10.2 Å². The lowest BCUT2D eigenvalue weighted by molar-refractivity contribution is -0.126. The minimum absolute atomic E-state index is 0.0168. The molecule has 180 valence electrons. The van der Waals surface area contributed by atoms with Gasteiger partial charge < -0.3 is 19.9 Å². The molecule has 4 rings (SSSR count). The molecular weight excluding hydrogens is 485 g/mol. The summed E-state index contributed by atoms with van der Waals surface area (Å²) in [7, 11) is 1.45. The van der Waals surface area contributed by atoms with Gasteiger partial charge in [-0.2, -0.15) is 0 Å². The molecule has 0 aliphatic carbocycles. The third-order valence-electron chi connectivity index (χ3n) is 5.76. The lowest BCUT2D eigenvalue weighted by Crippen LogP contribution is -2.48. The van der Waals surface area contributed by atoms with Gasteiger partial charge in [0.25, 0.3) is 5.91 Å². The van der Waals surface area contributed by atoms with E-state index >= 15 is 0 Å². The van der Waals surface area contributed by atoms with Crippen LogP contribution in [0.4, 0.5) is 11.4 Å². The van der Waals surface area contributed by atoms with E-state index in [1.165, 1.54) is 19.2 Å².